The van der Waals surface area contributed by atoms with E-state index < -0.39 is 4.33 Å². The highest BCUT2D eigenvalue weighted by atomic mass is 35.5. The summed E-state index contributed by atoms with van der Waals surface area (Å²) in [6.07, 6.45) is 4.98. The van der Waals surface area contributed by atoms with Crippen LogP contribution in [0.4, 0.5) is 0 Å². The Morgan fingerprint density at radius 1 is 1.71 bits per heavy atom. The summed E-state index contributed by atoms with van der Waals surface area (Å²) >= 11 is 11.9. The molecule has 0 saturated heterocycles. The van der Waals surface area contributed by atoms with Crippen LogP contribution in [0.3, 0.4) is 0 Å². The molecule has 1 fully saturated rings. The van der Waals surface area contributed by atoms with Gasteiger partial charge in [0, 0.05) is 5.92 Å². The molecular formula is C10H14Cl2O2. The van der Waals surface area contributed by atoms with Crippen molar-refractivity contribution in [3.05, 3.63) is 12.2 Å². The van der Waals surface area contributed by atoms with Gasteiger partial charge in [0.15, 0.2) is 0 Å². The van der Waals surface area contributed by atoms with Gasteiger partial charge in [-0.3, -0.25) is 4.79 Å². The number of hydrogen-bond acceptors (Lipinski definition) is 2. The standard InChI is InChI=1S/C10H14Cl2O2/c1-3-4-7(5-9(13)14-2)8-6-10(8,11)12/h3-4,7-8H,5-6H2,1-2H3/b4-3+/t7-,8+/m0/s1. The van der Waals surface area contributed by atoms with Gasteiger partial charge in [-0.15, -0.1) is 23.2 Å². The third kappa shape index (κ3) is 2.89. The Kier molecular flexibility index (Phi) is 3.85. The summed E-state index contributed by atoms with van der Waals surface area (Å²) < 4.78 is 3.97. The summed E-state index contributed by atoms with van der Waals surface area (Å²) in [6, 6.07) is 0. The summed E-state index contributed by atoms with van der Waals surface area (Å²) in [4.78, 5) is 11.1. The number of hydrogen-bond donors (Lipinski definition) is 0. The molecule has 0 amide bonds. The molecule has 2 nitrogen and oxygen atoms in total. The van der Waals surface area contributed by atoms with Crippen LogP contribution in [0.5, 0.6) is 0 Å². The first-order valence-corrected chi connectivity index (χ1v) is 5.34. The molecule has 0 spiro atoms. The van der Waals surface area contributed by atoms with Crippen molar-refractivity contribution in [2.24, 2.45) is 11.8 Å². The SMILES string of the molecule is C/C=C/[C@@H](CC(=O)OC)[C@H]1CC1(Cl)Cl. The fraction of sp³-hybridized carbons (Fsp3) is 0.700. The first-order chi connectivity index (χ1) is 6.51. The first-order valence-electron chi connectivity index (χ1n) is 4.58. The first kappa shape index (κ1) is 11.9. The van der Waals surface area contributed by atoms with Gasteiger partial charge in [-0.25, -0.2) is 0 Å². The smallest absolute Gasteiger partial charge is 0.306 e. The van der Waals surface area contributed by atoms with Crippen LogP contribution in [0.2, 0.25) is 0 Å². The second-order valence-corrected chi connectivity index (χ2v) is 5.08. The van der Waals surface area contributed by atoms with Gasteiger partial charge in [0.25, 0.3) is 0 Å². The van der Waals surface area contributed by atoms with Crippen LogP contribution in [-0.2, 0) is 9.53 Å². The Balaban J connectivity index is 2.53. The van der Waals surface area contributed by atoms with Crippen molar-refractivity contribution < 1.29 is 9.53 Å². The van der Waals surface area contributed by atoms with E-state index >= 15 is 0 Å². The maximum absolute atomic E-state index is 11.1. The maximum atomic E-state index is 11.1. The van der Waals surface area contributed by atoms with E-state index in [1.807, 2.05) is 19.1 Å². The highest BCUT2D eigenvalue weighted by molar-refractivity contribution is 6.50. The molecule has 0 radical (unpaired) electrons. The molecule has 1 aliphatic carbocycles. The molecule has 14 heavy (non-hydrogen) atoms. The van der Waals surface area contributed by atoms with Gasteiger partial charge in [0.05, 0.1) is 13.5 Å². The molecule has 0 aromatic rings. The molecule has 1 aliphatic rings. The van der Waals surface area contributed by atoms with Crippen molar-refractivity contribution in [1.29, 1.82) is 0 Å². The Hall–Kier alpha value is -0.210. The molecule has 80 valence electrons. The summed E-state index contributed by atoms with van der Waals surface area (Å²) in [5, 5.41) is 0. The van der Waals surface area contributed by atoms with Gasteiger partial charge in [-0.2, -0.15) is 0 Å². The predicted octanol–water partition coefficient (Wildman–Crippen LogP) is 2.94. The van der Waals surface area contributed by atoms with Gasteiger partial charge in [-0.1, -0.05) is 12.2 Å². The largest absolute Gasteiger partial charge is 0.469 e. The molecule has 0 heterocycles. The number of ether oxygens (including phenoxy) is 1. The monoisotopic (exact) mass is 236 g/mol. The molecule has 0 aromatic heterocycles. The lowest BCUT2D eigenvalue weighted by Gasteiger charge is -2.11. The van der Waals surface area contributed by atoms with Crippen molar-refractivity contribution in [1.82, 2.24) is 0 Å². The van der Waals surface area contributed by atoms with Gasteiger partial charge < -0.3 is 4.74 Å². The Bertz CT molecular complexity index is 249. The fourth-order valence-electron chi connectivity index (χ4n) is 1.57. The third-order valence-electron chi connectivity index (χ3n) is 2.46. The molecule has 0 aromatic carbocycles. The van der Waals surface area contributed by atoms with E-state index in [4.69, 9.17) is 23.2 Å². The second kappa shape index (κ2) is 4.54. The Morgan fingerprint density at radius 2 is 2.29 bits per heavy atom. The molecule has 0 aliphatic heterocycles. The lowest BCUT2D eigenvalue weighted by molar-refractivity contribution is -0.141. The number of carbonyl (C=O) groups excluding carboxylic acids is 1. The number of alkyl halides is 2. The van der Waals surface area contributed by atoms with Gasteiger partial charge >= 0.3 is 5.97 Å². The molecule has 4 heteroatoms. The highest BCUT2D eigenvalue weighted by Gasteiger charge is 2.55. The zero-order valence-corrected chi connectivity index (χ0v) is 9.81. The summed E-state index contributed by atoms with van der Waals surface area (Å²) in [6.45, 7) is 1.91. The van der Waals surface area contributed by atoms with Crippen LogP contribution < -0.4 is 0 Å². The van der Waals surface area contributed by atoms with E-state index in [0.717, 1.165) is 6.42 Å². The van der Waals surface area contributed by atoms with Gasteiger partial charge in [-0.05, 0) is 19.3 Å². The van der Waals surface area contributed by atoms with E-state index in [9.17, 15) is 4.79 Å². The van der Waals surface area contributed by atoms with E-state index in [-0.39, 0.29) is 17.8 Å². The number of methoxy groups -OCH3 is 1. The van der Waals surface area contributed by atoms with Crippen LogP contribution in [0.25, 0.3) is 0 Å². The minimum atomic E-state index is -0.641. The fourth-order valence-corrected chi connectivity index (χ4v) is 2.22. The summed E-state index contributed by atoms with van der Waals surface area (Å²) in [5.41, 5.74) is 0. The third-order valence-corrected chi connectivity index (χ3v) is 3.33. The predicted molar refractivity (Wildman–Crippen MR) is 57.5 cm³/mol. The van der Waals surface area contributed by atoms with Crippen molar-refractivity contribution in [3.63, 3.8) is 0 Å². The summed E-state index contributed by atoms with van der Waals surface area (Å²) in [5.74, 6) is 0.0627. The van der Waals surface area contributed by atoms with Crippen molar-refractivity contribution >= 4 is 29.2 Å². The topological polar surface area (TPSA) is 26.3 Å². The number of halogens is 2. The second-order valence-electron chi connectivity index (χ2n) is 3.54. The Labute approximate surface area is 94.2 Å². The van der Waals surface area contributed by atoms with Crippen LogP contribution in [0.1, 0.15) is 19.8 Å². The number of esters is 1. The number of rotatable bonds is 4. The van der Waals surface area contributed by atoms with Crippen molar-refractivity contribution in [2.75, 3.05) is 7.11 Å². The zero-order chi connectivity index (χ0) is 10.8. The van der Waals surface area contributed by atoms with E-state index in [1.165, 1.54) is 7.11 Å². The number of carbonyl (C=O) groups is 1. The molecule has 1 rings (SSSR count). The highest BCUT2D eigenvalue weighted by Crippen LogP contribution is 2.57. The van der Waals surface area contributed by atoms with Crippen LogP contribution in [0, 0.1) is 11.8 Å². The molecule has 0 N–H and O–H groups in total. The molecular weight excluding hydrogens is 223 g/mol. The van der Waals surface area contributed by atoms with E-state index in [2.05, 4.69) is 4.74 Å². The molecule has 0 bridgehead atoms. The van der Waals surface area contributed by atoms with E-state index in [0.29, 0.717) is 6.42 Å². The zero-order valence-electron chi connectivity index (χ0n) is 8.30. The maximum Gasteiger partial charge on any atom is 0.306 e. The molecule has 2 atom stereocenters. The van der Waals surface area contributed by atoms with Crippen LogP contribution >= 0.6 is 23.2 Å². The van der Waals surface area contributed by atoms with Crippen molar-refractivity contribution in [2.45, 2.75) is 24.1 Å². The van der Waals surface area contributed by atoms with Crippen LogP contribution in [-0.4, -0.2) is 17.4 Å². The minimum Gasteiger partial charge on any atom is -0.469 e. The number of allylic oxidation sites excluding steroid dienone is 2. The quantitative estimate of drug-likeness (QED) is 0.427. The lowest BCUT2D eigenvalue weighted by atomic mass is 9.99. The van der Waals surface area contributed by atoms with Gasteiger partial charge in [0.2, 0.25) is 0 Å². The molecule has 0 unspecified atom stereocenters. The van der Waals surface area contributed by atoms with Gasteiger partial charge in [0.1, 0.15) is 4.33 Å². The minimum absolute atomic E-state index is 0.0995. The van der Waals surface area contributed by atoms with Crippen molar-refractivity contribution in [3.8, 4) is 0 Å². The van der Waals surface area contributed by atoms with E-state index in [1.54, 1.807) is 0 Å². The summed E-state index contributed by atoms with van der Waals surface area (Å²) in [7, 11) is 1.39. The average Bonchev–Trinajstić information content (AvgIpc) is 2.74. The lowest BCUT2D eigenvalue weighted by Crippen LogP contribution is -2.12. The normalized spacial score (nSPS) is 26.1. The Morgan fingerprint density at radius 3 is 2.64 bits per heavy atom. The van der Waals surface area contributed by atoms with Crippen LogP contribution in [0.15, 0.2) is 12.2 Å². The molecule has 1 saturated carbocycles. The average molecular weight is 237 g/mol.